The minimum absolute atomic E-state index is 0.0676. The lowest BCUT2D eigenvalue weighted by Gasteiger charge is -2.25. The molecule has 1 aliphatic carbocycles. The quantitative estimate of drug-likeness (QED) is 0.435. The van der Waals surface area contributed by atoms with Crippen LogP contribution >= 0.6 is 0 Å². The van der Waals surface area contributed by atoms with Gasteiger partial charge in [0, 0.05) is 48.4 Å². The third kappa shape index (κ3) is 4.41. The van der Waals surface area contributed by atoms with Crippen molar-refractivity contribution in [2.24, 2.45) is 11.8 Å². The highest BCUT2D eigenvalue weighted by Gasteiger charge is 2.71. The smallest absolute Gasteiger partial charge is 0.414 e. The molecule has 0 N–H and O–H groups in total. The Hall–Kier alpha value is -4.37. The van der Waals surface area contributed by atoms with Crippen LogP contribution in [0.1, 0.15) is 18.5 Å². The van der Waals surface area contributed by atoms with Gasteiger partial charge in [-0.2, -0.15) is 5.26 Å². The van der Waals surface area contributed by atoms with Gasteiger partial charge in [-0.05, 0) is 50.2 Å². The molecule has 4 fully saturated rings. The largest absolute Gasteiger partial charge is 0.442 e. The lowest BCUT2D eigenvalue weighted by molar-refractivity contribution is -0.131. The molecule has 2 aromatic heterocycles. The predicted octanol–water partition coefficient (Wildman–Crippen LogP) is 2.45. The number of benzene rings is 1. The summed E-state index contributed by atoms with van der Waals surface area (Å²) in [4.78, 5) is 35.3. The SMILES string of the molecule is N#C[C@]1(c2ccc(-c3ccc(N4C[C@H](Cn5ccnn5)OC4=O)cc3F)cn2)[C@@H]2CN(C(=O)CN3CCCC3)C[C@@H]21. The first-order valence-electron chi connectivity index (χ1n) is 14.0. The number of halogens is 1. The molecule has 1 saturated carbocycles. The van der Waals surface area contributed by atoms with Crippen molar-refractivity contribution in [2.75, 3.05) is 44.2 Å². The molecule has 210 valence electrons. The van der Waals surface area contributed by atoms with Crippen LogP contribution in [0.3, 0.4) is 0 Å². The van der Waals surface area contributed by atoms with E-state index in [1.54, 1.807) is 47.5 Å². The summed E-state index contributed by atoms with van der Waals surface area (Å²) in [6, 6.07) is 10.7. The maximum Gasteiger partial charge on any atom is 0.414 e. The number of piperidine rings is 1. The normalized spacial score (nSPS) is 27.1. The number of likely N-dealkylation sites (tertiary alicyclic amines) is 2. The first-order chi connectivity index (χ1) is 20.0. The molecule has 0 spiro atoms. The second-order valence-electron chi connectivity index (χ2n) is 11.3. The van der Waals surface area contributed by atoms with E-state index in [4.69, 9.17) is 4.74 Å². The van der Waals surface area contributed by atoms with Gasteiger partial charge in [-0.1, -0.05) is 11.3 Å². The molecule has 3 saturated heterocycles. The Labute approximate surface area is 236 Å². The summed E-state index contributed by atoms with van der Waals surface area (Å²) in [5.41, 5.74) is 1.29. The number of hydrogen-bond acceptors (Lipinski definition) is 8. The molecule has 11 nitrogen and oxygen atoms in total. The van der Waals surface area contributed by atoms with Crippen molar-refractivity contribution >= 4 is 17.7 Å². The topological polar surface area (TPSA) is 120 Å². The fourth-order valence-electron chi connectivity index (χ4n) is 6.74. The molecule has 0 unspecified atom stereocenters. The summed E-state index contributed by atoms with van der Waals surface area (Å²) in [7, 11) is 0. The molecule has 5 heterocycles. The lowest BCUT2D eigenvalue weighted by atomic mass is 9.95. The fourth-order valence-corrected chi connectivity index (χ4v) is 6.74. The van der Waals surface area contributed by atoms with E-state index in [-0.39, 0.29) is 24.3 Å². The van der Waals surface area contributed by atoms with Gasteiger partial charge in [0.05, 0.1) is 43.3 Å². The third-order valence-corrected chi connectivity index (χ3v) is 8.98. The Morgan fingerprint density at radius 2 is 1.95 bits per heavy atom. The number of carbonyl (C=O) groups excluding carboxylic acids is 2. The number of ether oxygens (including phenoxy) is 1. The summed E-state index contributed by atoms with van der Waals surface area (Å²) in [5.74, 6) is -0.216. The van der Waals surface area contributed by atoms with Crippen molar-refractivity contribution < 1.29 is 18.7 Å². The molecule has 3 aliphatic heterocycles. The molecular weight excluding hydrogens is 527 g/mol. The van der Waals surface area contributed by atoms with Crippen LogP contribution in [-0.4, -0.2) is 87.2 Å². The van der Waals surface area contributed by atoms with Crippen LogP contribution in [0, 0.1) is 29.0 Å². The number of pyridine rings is 1. The average Bonchev–Trinajstić information content (AvgIpc) is 3.65. The summed E-state index contributed by atoms with van der Waals surface area (Å²) in [6.45, 7) is 4.19. The number of carbonyl (C=O) groups is 2. The molecular formula is C29H29FN8O3. The highest BCUT2D eigenvalue weighted by molar-refractivity contribution is 5.90. The van der Waals surface area contributed by atoms with Gasteiger partial charge in [0.2, 0.25) is 5.91 Å². The van der Waals surface area contributed by atoms with Gasteiger partial charge in [0.25, 0.3) is 0 Å². The molecule has 2 amide bonds. The zero-order chi connectivity index (χ0) is 28.1. The minimum atomic E-state index is -0.704. The number of cyclic esters (lactones) is 1. The van der Waals surface area contributed by atoms with Crippen LogP contribution in [-0.2, 0) is 21.5 Å². The number of rotatable bonds is 7. The predicted molar refractivity (Wildman–Crippen MR) is 144 cm³/mol. The number of anilines is 1. The van der Waals surface area contributed by atoms with Gasteiger partial charge in [-0.25, -0.2) is 13.9 Å². The molecule has 12 heteroatoms. The molecule has 3 aromatic rings. The number of nitriles is 1. The molecule has 4 atom stereocenters. The standard InChI is InChI=1S/C29H29FN8O3/c30-25-11-20(38-14-21(41-28(38)40)13-37-10-7-33-34-37)4-5-22(25)19-3-6-26(32-12-19)29(18-31)23-15-36(16-24(23)29)27(39)17-35-8-1-2-9-35/h3-7,10-12,21,23-24H,1-2,8-9,13-17H2/t21-,23-,24+,29+/m0/s1. The Kier molecular flexibility index (Phi) is 6.19. The molecule has 41 heavy (non-hydrogen) atoms. The Morgan fingerprint density at radius 1 is 1.15 bits per heavy atom. The summed E-state index contributed by atoms with van der Waals surface area (Å²) >= 11 is 0. The minimum Gasteiger partial charge on any atom is -0.442 e. The maximum absolute atomic E-state index is 15.3. The van der Waals surface area contributed by atoms with Crippen LogP contribution in [0.5, 0.6) is 0 Å². The summed E-state index contributed by atoms with van der Waals surface area (Å²) in [6.07, 6.45) is 6.15. The van der Waals surface area contributed by atoms with Crippen molar-refractivity contribution in [1.29, 1.82) is 5.26 Å². The van der Waals surface area contributed by atoms with Crippen LogP contribution in [0.25, 0.3) is 11.1 Å². The van der Waals surface area contributed by atoms with Crippen LogP contribution in [0.2, 0.25) is 0 Å². The van der Waals surface area contributed by atoms with Crippen molar-refractivity contribution in [1.82, 2.24) is 29.8 Å². The van der Waals surface area contributed by atoms with Gasteiger partial charge >= 0.3 is 6.09 Å². The van der Waals surface area contributed by atoms with E-state index in [0.717, 1.165) is 25.9 Å². The first kappa shape index (κ1) is 25.6. The first-order valence-corrected chi connectivity index (χ1v) is 14.0. The van der Waals surface area contributed by atoms with Crippen LogP contribution in [0.15, 0.2) is 48.9 Å². The Balaban J connectivity index is 1.01. The van der Waals surface area contributed by atoms with E-state index >= 15 is 4.39 Å². The molecule has 0 radical (unpaired) electrons. The van der Waals surface area contributed by atoms with Gasteiger partial charge in [0.1, 0.15) is 17.3 Å². The van der Waals surface area contributed by atoms with E-state index in [9.17, 15) is 14.9 Å². The monoisotopic (exact) mass is 556 g/mol. The second-order valence-corrected chi connectivity index (χ2v) is 11.3. The van der Waals surface area contributed by atoms with Gasteiger partial charge in [-0.3, -0.25) is 19.6 Å². The molecule has 0 bridgehead atoms. The molecule has 1 aromatic carbocycles. The van der Waals surface area contributed by atoms with E-state index in [1.807, 2.05) is 4.90 Å². The van der Waals surface area contributed by atoms with Gasteiger partial charge in [0.15, 0.2) is 0 Å². The van der Waals surface area contributed by atoms with Crippen molar-refractivity contribution in [2.45, 2.75) is 30.9 Å². The van der Waals surface area contributed by atoms with Crippen LogP contribution < -0.4 is 4.90 Å². The van der Waals surface area contributed by atoms with Crippen molar-refractivity contribution in [3.8, 4) is 17.2 Å². The van der Waals surface area contributed by atoms with Gasteiger partial charge in [-0.15, -0.1) is 5.10 Å². The number of nitrogens with zero attached hydrogens (tertiary/aromatic N) is 8. The summed E-state index contributed by atoms with van der Waals surface area (Å²) < 4.78 is 22.3. The molecule has 4 aliphatic rings. The molecule has 7 rings (SSSR count). The van der Waals surface area contributed by atoms with E-state index < -0.39 is 23.4 Å². The van der Waals surface area contributed by atoms with Crippen molar-refractivity contribution in [3.05, 3.63) is 60.4 Å². The van der Waals surface area contributed by atoms with E-state index in [0.29, 0.717) is 48.7 Å². The Morgan fingerprint density at radius 3 is 2.61 bits per heavy atom. The van der Waals surface area contributed by atoms with Crippen LogP contribution in [0.4, 0.5) is 14.9 Å². The zero-order valence-electron chi connectivity index (χ0n) is 22.4. The second kappa shape index (κ2) is 9.92. The highest BCUT2D eigenvalue weighted by atomic mass is 19.1. The Bertz CT molecular complexity index is 1500. The summed E-state index contributed by atoms with van der Waals surface area (Å²) in [5, 5.41) is 17.8. The van der Waals surface area contributed by atoms with Crippen molar-refractivity contribution in [3.63, 3.8) is 0 Å². The number of amides is 2. The zero-order valence-corrected chi connectivity index (χ0v) is 22.4. The average molecular weight is 557 g/mol. The number of hydrogen-bond donors (Lipinski definition) is 0. The maximum atomic E-state index is 15.3. The lowest BCUT2D eigenvalue weighted by Crippen LogP contribution is -2.41. The third-order valence-electron chi connectivity index (χ3n) is 8.98. The highest BCUT2D eigenvalue weighted by Crippen LogP contribution is 2.62. The number of aromatic nitrogens is 4. The number of fused-ring (bicyclic) bond motifs is 1. The van der Waals surface area contributed by atoms with Gasteiger partial charge < -0.3 is 9.64 Å². The fraction of sp³-hybridized carbons (Fsp3) is 0.448. The van der Waals surface area contributed by atoms with E-state index in [1.165, 1.54) is 11.0 Å². The van der Waals surface area contributed by atoms with E-state index in [2.05, 4.69) is 26.3 Å².